The molecule has 1 aromatic rings. The predicted molar refractivity (Wildman–Crippen MR) is 66.5 cm³/mol. The van der Waals surface area contributed by atoms with E-state index >= 15 is 0 Å². The van der Waals surface area contributed by atoms with E-state index in [1.54, 1.807) is 0 Å². The summed E-state index contributed by atoms with van der Waals surface area (Å²) in [6, 6.07) is 0. The summed E-state index contributed by atoms with van der Waals surface area (Å²) in [6.07, 6.45) is 5.73. The maximum atomic E-state index is 4.42. The molecule has 0 N–H and O–H groups in total. The second-order valence-electron chi connectivity index (χ2n) is 4.61. The molecule has 0 saturated heterocycles. The normalized spacial score (nSPS) is 11.4. The van der Waals surface area contributed by atoms with Crippen LogP contribution in [0.1, 0.15) is 11.4 Å². The Morgan fingerprint density at radius 1 is 0.812 bits per heavy atom. The van der Waals surface area contributed by atoms with Crippen LogP contribution in [0.25, 0.3) is 0 Å². The first-order chi connectivity index (χ1) is 7.58. The van der Waals surface area contributed by atoms with Crippen LogP contribution < -0.4 is 0 Å². The van der Waals surface area contributed by atoms with E-state index in [1.165, 1.54) is 0 Å². The van der Waals surface area contributed by atoms with Gasteiger partial charge >= 0.3 is 0 Å². The van der Waals surface area contributed by atoms with Gasteiger partial charge in [-0.3, -0.25) is 9.97 Å². The van der Waals surface area contributed by atoms with Crippen LogP contribution in [0.3, 0.4) is 0 Å². The van der Waals surface area contributed by atoms with E-state index in [4.69, 9.17) is 0 Å². The lowest BCUT2D eigenvalue weighted by atomic mass is 10.2. The summed E-state index contributed by atoms with van der Waals surface area (Å²) in [5.74, 6) is 0. The van der Waals surface area contributed by atoms with Gasteiger partial charge in [0.05, 0.1) is 11.4 Å². The van der Waals surface area contributed by atoms with Crippen LogP contribution >= 0.6 is 0 Å². The van der Waals surface area contributed by atoms with Crippen molar-refractivity contribution in [3.63, 3.8) is 0 Å². The van der Waals surface area contributed by atoms with Crippen molar-refractivity contribution in [3.05, 3.63) is 23.8 Å². The molecule has 0 aliphatic heterocycles. The number of hydrogen-bond donors (Lipinski definition) is 0. The van der Waals surface area contributed by atoms with E-state index in [-0.39, 0.29) is 0 Å². The predicted octanol–water partition coefficient (Wildman–Crippen LogP) is 0.685. The van der Waals surface area contributed by atoms with E-state index < -0.39 is 0 Å². The molecule has 90 valence electrons. The minimum absolute atomic E-state index is 0.966. The molecule has 0 spiro atoms. The fourth-order valence-corrected chi connectivity index (χ4v) is 1.32. The van der Waals surface area contributed by atoms with Crippen molar-refractivity contribution >= 4 is 0 Å². The molecule has 1 heterocycles. The molecule has 0 aromatic carbocycles. The molecule has 1 aromatic heterocycles. The van der Waals surface area contributed by atoms with Gasteiger partial charge in [0.2, 0.25) is 0 Å². The topological polar surface area (TPSA) is 32.3 Å². The van der Waals surface area contributed by atoms with Gasteiger partial charge in [-0.2, -0.15) is 0 Å². The molecule has 0 fully saturated rings. The summed E-state index contributed by atoms with van der Waals surface area (Å²) in [5.41, 5.74) is 2.14. The van der Waals surface area contributed by atoms with Crippen molar-refractivity contribution in [2.45, 2.75) is 12.8 Å². The first-order valence-corrected chi connectivity index (χ1v) is 5.67. The fourth-order valence-electron chi connectivity index (χ4n) is 1.32. The summed E-state index contributed by atoms with van der Waals surface area (Å²) in [5, 5.41) is 0. The molecule has 16 heavy (non-hydrogen) atoms. The lowest BCUT2D eigenvalue weighted by Crippen LogP contribution is -2.17. The SMILES string of the molecule is CN(C)CCc1cnc(CCN(C)C)cn1. The van der Waals surface area contributed by atoms with E-state index in [1.807, 2.05) is 12.4 Å². The van der Waals surface area contributed by atoms with Crippen LogP contribution in [0.5, 0.6) is 0 Å². The Morgan fingerprint density at radius 2 is 1.19 bits per heavy atom. The summed E-state index contributed by atoms with van der Waals surface area (Å²) in [7, 11) is 8.27. The molecule has 0 aliphatic rings. The van der Waals surface area contributed by atoms with Crippen molar-refractivity contribution in [1.82, 2.24) is 19.8 Å². The molecule has 4 nitrogen and oxygen atoms in total. The molecular weight excluding hydrogens is 200 g/mol. The van der Waals surface area contributed by atoms with Gasteiger partial charge in [0, 0.05) is 38.3 Å². The first-order valence-electron chi connectivity index (χ1n) is 5.67. The molecule has 0 unspecified atom stereocenters. The van der Waals surface area contributed by atoms with Crippen LogP contribution in [-0.2, 0) is 12.8 Å². The highest BCUT2D eigenvalue weighted by Gasteiger charge is 1.99. The van der Waals surface area contributed by atoms with Gasteiger partial charge in [-0.25, -0.2) is 0 Å². The van der Waals surface area contributed by atoms with Crippen molar-refractivity contribution < 1.29 is 0 Å². The van der Waals surface area contributed by atoms with Crippen LogP contribution in [-0.4, -0.2) is 61.0 Å². The average molecular weight is 222 g/mol. The Hall–Kier alpha value is -1.00. The summed E-state index contributed by atoms with van der Waals surface area (Å²) >= 11 is 0. The standard InChI is InChI=1S/C12H22N4/c1-15(2)7-5-11-9-14-12(10-13-11)6-8-16(3)4/h9-10H,5-8H2,1-4H3. The zero-order valence-corrected chi connectivity index (χ0v) is 10.8. The van der Waals surface area contributed by atoms with Crippen LogP contribution in [0, 0.1) is 0 Å². The fraction of sp³-hybridized carbons (Fsp3) is 0.667. The second-order valence-corrected chi connectivity index (χ2v) is 4.61. The van der Waals surface area contributed by atoms with Crippen molar-refractivity contribution in [1.29, 1.82) is 0 Å². The van der Waals surface area contributed by atoms with Gasteiger partial charge in [0.25, 0.3) is 0 Å². The number of hydrogen-bond acceptors (Lipinski definition) is 4. The summed E-state index contributed by atoms with van der Waals surface area (Å²) < 4.78 is 0. The third-order valence-electron chi connectivity index (χ3n) is 2.39. The molecule has 1 rings (SSSR count). The van der Waals surface area contributed by atoms with Gasteiger partial charge in [0.1, 0.15) is 0 Å². The Bertz CT molecular complexity index is 261. The number of rotatable bonds is 6. The van der Waals surface area contributed by atoms with Crippen molar-refractivity contribution in [2.24, 2.45) is 0 Å². The van der Waals surface area contributed by atoms with Gasteiger partial charge < -0.3 is 9.80 Å². The minimum atomic E-state index is 0.966. The maximum Gasteiger partial charge on any atom is 0.0599 e. The lowest BCUT2D eigenvalue weighted by Gasteiger charge is -2.10. The monoisotopic (exact) mass is 222 g/mol. The van der Waals surface area contributed by atoms with E-state index in [0.29, 0.717) is 0 Å². The van der Waals surface area contributed by atoms with E-state index in [0.717, 1.165) is 37.3 Å². The quantitative estimate of drug-likeness (QED) is 0.709. The first kappa shape index (κ1) is 13.1. The molecule has 0 saturated carbocycles. The molecule has 0 amide bonds. The number of aromatic nitrogens is 2. The summed E-state index contributed by atoms with van der Waals surface area (Å²) in [6.45, 7) is 2.04. The van der Waals surface area contributed by atoms with Crippen LogP contribution in [0.15, 0.2) is 12.4 Å². The largest absolute Gasteiger partial charge is 0.309 e. The van der Waals surface area contributed by atoms with Gasteiger partial charge in [-0.1, -0.05) is 0 Å². The Morgan fingerprint density at radius 3 is 1.44 bits per heavy atom. The molecule has 0 bridgehead atoms. The highest BCUT2D eigenvalue weighted by molar-refractivity contribution is 5.03. The Kier molecular flexibility index (Phi) is 5.35. The Balaban J connectivity index is 2.41. The smallest absolute Gasteiger partial charge is 0.0599 e. The second kappa shape index (κ2) is 6.55. The third kappa shape index (κ3) is 5.19. The van der Waals surface area contributed by atoms with Gasteiger partial charge in [0.15, 0.2) is 0 Å². The van der Waals surface area contributed by atoms with Gasteiger partial charge in [-0.15, -0.1) is 0 Å². The highest BCUT2D eigenvalue weighted by Crippen LogP contribution is 1.98. The molecule has 0 radical (unpaired) electrons. The number of likely N-dealkylation sites (N-methyl/N-ethyl adjacent to an activating group) is 2. The molecule has 0 aliphatic carbocycles. The summed E-state index contributed by atoms with van der Waals surface area (Å²) in [4.78, 5) is 13.2. The third-order valence-corrected chi connectivity index (χ3v) is 2.39. The Labute approximate surface area is 98.3 Å². The average Bonchev–Trinajstić information content (AvgIpc) is 2.25. The minimum Gasteiger partial charge on any atom is -0.309 e. The van der Waals surface area contributed by atoms with E-state index in [9.17, 15) is 0 Å². The van der Waals surface area contributed by atoms with Crippen molar-refractivity contribution in [3.8, 4) is 0 Å². The molecule has 0 atom stereocenters. The van der Waals surface area contributed by atoms with Crippen molar-refractivity contribution in [2.75, 3.05) is 41.3 Å². The van der Waals surface area contributed by atoms with Crippen LogP contribution in [0.2, 0.25) is 0 Å². The molecule has 4 heteroatoms. The lowest BCUT2D eigenvalue weighted by molar-refractivity contribution is 0.409. The van der Waals surface area contributed by atoms with E-state index in [2.05, 4.69) is 48.0 Å². The zero-order valence-electron chi connectivity index (χ0n) is 10.8. The number of nitrogens with zero attached hydrogens (tertiary/aromatic N) is 4. The highest BCUT2D eigenvalue weighted by atomic mass is 15.1. The molecular formula is C12H22N4. The van der Waals surface area contributed by atoms with Gasteiger partial charge in [-0.05, 0) is 28.2 Å². The zero-order chi connectivity index (χ0) is 12.0. The maximum absolute atomic E-state index is 4.42. The van der Waals surface area contributed by atoms with Crippen LogP contribution in [0.4, 0.5) is 0 Å².